The average molecular weight is 245 g/mol. The predicted molar refractivity (Wildman–Crippen MR) is 72.1 cm³/mol. The van der Waals surface area contributed by atoms with Gasteiger partial charge in [-0.2, -0.15) is 0 Å². The summed E-state index contributed by atoms with van der Waals surface area (Å²) in [7, 11) is 0. The molecule has 2 bridgehead atoms. The summed E-state index contributed by atoms with van der Waals surface area (Å²) in [5, 5.41) is 3.85. The number of piperidine rings is 1. The number of fused-ring (bicyclic) bond motifs is 1. The second-order valence-electron chi connectivity index (χ2n) is 6.57. The van der Waals surface area contributed by atoms with Gasteiger partial charge in [0.15, 0.2) is 0 Å². The summed E-state index contributed by atoms with van der Waals surface area (Å²) in [5.41, 5.74) is 3.48. The summed E-state index contributed by atoms with van der Waals surface area (Å²) < 4.78 is 6.27. The molecule has 0 aromatic heterocycles. The standard InChI is InChI=1S/C16H23NO/c1-4-11-13-8-16-12(9(2)17-13)6-5-7-14(16)18-10(3)15(11)16/h4,9,12-14,17H,5-8H2,1-3H3. The number of ether oxygens (including phenoxy) is 1. The van der Waals surface area contributed by atoms with Gasteiger partial charge in [-0.25, -0.2) is 0 Å². The van der Waals surface area contributed by atoms with Crippen LogP contribution in [0.15, 0.2) is 23.0 Å². The fourth-order valence-electron chi connectivity index (χ4n) is 5.49. The summed E-state index contributed by atoms with van der Waals surface area (Å²) >= 11 is 0. The van der Waals surface area contributed by atoms with Crippen LogP contribution >= 0.6 is 0 Å². The minimum absolute atomic E-state index is 0.361. The minimum atomic E-state index is 0.361. The topological polar surface area (TPSA) is 21.3 Å². The van der Waals surface area contributed by atoms with Crippen molar-refractivity contribution >= 4 is 0 Å². The van der Waals surface area contributed by atoms with E-state index in [0.29, 0.717) is 23.6 Å². The Balaban J connectivity index is 1.94. The van der Waals surface area contributed by atoms with Crippen LogP contribution in [0.25, 0.3) is 0 Å². The monoisotopic (exact) mass is 245 g/mol. The summed E-state index contributed by atoms with van der Waals surface area (Å²) in [6, 6.07) is 1.21. The SMILES string of the molecule is CC=C1C2=C(C)OC3CCCC4C(C)NC1CC234. The molecule has 2 aliphatic heterocycles. The third-order valence-electron chi connectivity index (χ3n) is 5.94. The van der Waals surface area contributed by atoms with Crippen molar-refractivity contribution < 1.29 is 4.74 Å². The molecular weight excluding hydrogens is 222 g/mol. The van der Waals surface area contributed by atoms with E-state index in [4.69, 9.17) is 4.74 Å². The summed E-state index contributed by atoms with van der Waals surface area (Å²) in [6.45, 7) is 6.75. The summed E-state index contributed by atoms with van der Waals surface area (Å²) in [4.78, 5) is 0. The second kappa shape index (κ2) is 3.41. The van der Waals surface area contributed by atoms with E-state index in [1.807, 2.05) is 0 Å². The third kappa shape index (κ3) is 1.05. The van der Waals surface area contributed by atoms with E-state index in [2.05, 4.69) is 32.2 Å². The highest BCUT2D eigenvalue weighted by atomic mass is 16.5. The first-order valence-corrected chi connectivity index (χ1v) is 7.49. The molecular formula is C16H23NO. The molecule has 3 fully saturated rings. The van der Waals surface area contributed by atoms with Gasteiger partial charge in [-0.15, -0.1) is 0 Å². The van der Waals surface area contributed by atoms with Crippen LogP contribution in [0.5, 0.6) is 0 Å². The molecule has 0 amide bonds. The average Bonchev–Trinajstić information content (AvgIpc) is 2.76. The van der Waals surface area contributed by atoms with Gasteiger partial charge in [-0.3, -0.25) is 0 Å². The molecule has 4 rings (SSSR count). The maximum atomic E-state index is 6.27. The van der Waals surface area contributed by atoms with Crippen LogP contribution < -0.4 is 5.32 Å². The summed E-state index contributed by atoms with van der Waals surface area (Å²) in [6.07, 6.45) is 8.03. The van der Waals surface area contributed by atoms with Gasteiger partial charge in [-0.1, -0.05) is 6.08 Å². The number of hydrogen-bond donors (Lipinski definition) is 1. The molecule has 1 spiro atoms. The van der Waals surface area contributed by atoms with Crippen LogP contribution in [0.4, 0.5) is 0 Å². The predicted octanol–water partition coefficient (Wildman–Crippen LogP) is 3.16. The molecule has 18 heavy (non-hydrogen) atoms. The normalized spacial score (nSPS) is 51.6. The van der Waals surface area contributed by atoms with Crippen molar-refractivity contribution in [1.29, 1.82) is 0 Å². The molecule has 2 saturated carbocycles. The zero-order valence-corrected chi connectivity index (χ0v) is 11.6. The van der Waals surface area contributed by atoms with Gasteiger partial charge < -0.3 is 10.1 Å². The Morgan fingerprint density at radius 1 is 1.39 bits per heavy atom. The minimum Gasteiger partial charge on any atom is -0.494 e. The Morgan fingerprint density at radius 2 is 2.22 bits per heavy atom. The molecule has 4 aliphatic rings. The van der Waals surface area contributed by atoms with Crippen molar-refractivity contribution in [3.8, 4) is 0 Å². The molecule has 1 saturated heterocycles. The molecule has 0 aromatic rings. The molecule has 2 heteroatoms. The van der Waals surface area contributed by atoms with Gasteiger partial charge in [0.25, 0.3) is 0 Å². The van der Waals surface area contributed by atoms with E-state index in [1.54, 1.807) is 5.57 Å². The van der Waals surface area contributed by atoms with Crippen molar-refractivity contribution in [2.75, 3.05) is 0 Å². The molecule has 5 atom stereocenters. The maximum absolute atomic E-state index is 6.27. The van der Waals surface area contributed by atoms with E-state index >= 15 is 0 Å². The lowest BCUT2D eigenvalue weighted by atomic mass is 9.59. The fourth-order valence-corrected chi connectivity index (χ4v) is 5.49. The van der Waals surface area contributed by atoms with Crippen LogP contribution in [0.2, 0.25) is 0 Å². The maximum Gasteiger partial charge on any atom is 0.108 e. The van der Waals surface area contributed by atoms with E-state index in [0.717, 1.165) is 5.92 Å². The largest absolute Gasteiger partial charge is 0.494 e. The van der Waals surface area contributed by atoms with Gasteiger partial charge in [0.2, 0.25) is 0 Å². The van der Waals surface area contributed by atoms with Crippen molar-refractivity contribution in [3.63, 3.8) is 0 Å². The molecule has 2 nitrogen and oxygen atoms in total. The van der Waals surface area contributed by atoms with Crippen LogP contribution in [0.1, 0.15) is 46.5 Å². The Morgan fingerprint density at radius 3 is 3.00 bits per heavy atom. The van der Waals surface area contributed by atoms with E-state index in [9.17, 15) is 0 Å². The Kier molecular flexibility index (Phi) is 2.10. The van der Waals surface area contributed by atoms with Gasteiger partial charge in [-0.05, 0) is 57.9 Å². The van der Waals surface area contributed by atoms with E-state index in [1.165, 1.54) is 37.0 Å². The van der Waals surface area contributed by atoms with Crippen molar-refractivity contribution in [3.05, 3.63) is 23.0 Å². The first kappa shape index (κ1) is 11.1. The molecule has 1 N–H and O–H groups in total. The smallest absolute Gasteiger partial charge is 0.108 e. The Hall–Kier alpha value is -0.760. The van der Waals surface area contributed by atoms with Crippen LogP contribution in [0, 0.1) is 11.3 Å². The lowest BCUT2D eigenvalue weighted by Gasteiger charge is -2.49. The zero-order valence-electron chi connectivity index (χ0n) is 11.6. The lowest BCUT2D eigenvalue weighted by Crippen LogP contribution is -2.56. The highest BCUT2D eigenvalue weighted by Gasteiger charge is 2.65. The van der Waals surface area contributed by atoms with Gasteiger partial charge >= 0.3 is 0 Å². The number of allylic oxidation sites excluding steroid dienone is 2. The van der Waals surface area contributed by atoms with Crippen LogP contribution in [-0.2, 0) is 4.74 Å². The van der Waals surface area contributed by atoms with Gasteiger partial charge in [0.1, 0.15) is 6.10 Å². The number of rotatable bonds is 0. The van der Waals surface area contributed by atoms with Crippen molar-refractivity contribution in [2.45, 2.75) is 64.6 Å². The summed E-state index contributed by atoms with van der Waals surface area (Å²) in [5.74, 6) is 2.00. The van der Waals surface area contributed by atoms with Crippen LogP contribution in [-0.4, -0.2) is 18.2 Å². The van der Waals surface area contributed by atoms with Crippen molar-refractivity contribution in [2.24, 2.45) is 11.3 Å². The Bertz CT molecular complexity index is 464. The fraction of sp³-hybridized carbons (Fsp3) is 0.750. The van der Waals surface area contributed by atoms with Crippen LogP contribution in [0.3, 0.4) is 0 Å². The first-order valence-electron chi connectivity index (χ1n) is 7.49. The zero-order chi connectivity index (χ0) is 12.5. The highest BCUT2D eigenvalue weighted by Crippen LogP contribution is 2.65. The third-order valence-corrected chi connectivity index (χ3v) is 5.94. The van der Waals surface area contributed by atoms with Gasteiger partial charge in [0, 0.05) is 23.1 Å². The number of nitrogens with one attached hydrogen (secondary N) is 1. The number of hydrogen-bond acceptors (Lipinski definition) is 2. The lowest BCUT2D eigenvalue weighted by molar-refractivity contribution is -0.0413. The second-order valence-corrected chi connectivity index (χ2v) is 6.57. The molecule has 5 unspecified atom stereocenters. The molecule has 98 valence electrons. The molecule has 2 heterocycles. The molecule has 0 radical (unpaired) electrons. The molecule has 2 aliphatic carbocycles. The quantitative estimate of drug-likeness (QED) is 0.708. The first-order chi connectivity index (χ1) is 8.68. The van der Waals surface area contributed by atoms with E-state index in [-0.39, 0.29) is 0 Å². The van der Waals surface area contributed by atoms with E-state index < -0.39 is 0 Å². The molecule has 0 aromatic carbocycles. The van der Waals surface area contributed by atoms with Gasteiger partial charge in [0.05, 0.1) is 5.76 Å². The Labute approximate surface area is 109 Å². The highest BCUT2D eigenvalue weighted by molar-refractivity contribution is 5.53. The van der Waals surface area contributed by atoms with Crippen molar-refractivity contribution in [1.82, 2.24) is 5.32 Å².